The summed E-state index contributed by atoms with van der Waals surface area (Å²) in [6, 6.07) is 28.5. The van der Waals surface area contributed by atoms with Crippen molar-refractivity contribution in [1.82, 2.24) is 0 Å². The van der Waals surface area contributed by atoms with E-state index in [1.807, 2.05) is 0 Å². The Hall–Kier alpha value is -2.40. The fraction of sp³-hybridized carbons (Fsp3) is 0.455. The van der Waals surface area contributed by atoms with Crippen LogP contribution in [0.3, 0.4) is 0 Å². The molecule has 200 valence electrons. The van der Waals surface area contributed by atoms with Crippen molar-refractivity contribution in [3.8, 4) is 0 Å². The smallest absolute Gasteiger partial charge is 0.191 e. The normalized spacial score (nSPS) is 12.1. The van der Waals surface area contributed by atoms with Gasteiger partial charge < -0.3 is 14.1 Å². The zero-order valence-corrected chi connectivity index (χ0v) is 24.9. The van der Waals surface area contributed by atoms with Gasteiger partial charge in [-0.1, -0.05) is 76.6 Å². The van der Waals surface area contributed by atoms with E-state index in [-0.39, 0.29) is 5.04 Å². The van der Waals surface area contributed by atoms with Crippen LogP contribution in [-0.4, -0.2) is 28.1 Å². The lowest BCUT2D eigenvalue weighted by atomic mass is 10.1. The van der Waals surface area contributed by atoms with Gasteiger partial charge in [-0.15, -0.1) is 0 Å². The molecule has 3 nitrogen and oxygen atoms in total. The molecule has 0 spiro atoms. The summed E-state index contributed by atoms with van der Waals surface area (Å²) in [6.07, 6.45) is 5.47. The summed E-state index contributed by atoms with van der Waals surface area (Å²) >= 11 is 0. The molecule has 0 N–H and O–H groups in total. The van der Waals surface area contributed by atoms with E-state index in [0.29, 0.717) is 0 Å². The molecule has 0 bridgehead atoms. The van der Waals surface area contributed by atoms with Crippen molar-refractivity contribution in [3.63, 3.8) is 0 Å². The molecule has 0 unspecified atom stereocenters. The van der Waals surface area contributed by atoms with E-state index in [0.717, 1.165) is 39.1 Å². The molecule has 0 saturated heterocycles. The Morgan fingerprint density at radius 3 is 1.73 bits per heavy atom. The number of hydrogen-bond donors (Lipinski definition) is 0. The van der Waals surface area contributed by atoms with E-state index in [9.17, 15) is 0 Å². The summed E-state index contributed by atoms with van der Waals surface area (Å²) < 4.78 is 12.2. The number of rotatable bonds is 14. The van der Waals surface area contributed by atoms with Crippen LogP contribution in [0.4, 0.5) is 17.1 Å². The Bertz CT molecular complexity index is 1040. The Morgan fingerprint density at radius 2 is 1.19 bits per heavy atom. The van der Waals surface area contributed by atoms with E-state index >= 15 is 0 Å². The first kappa shape index (κ1) is 29.2. The van der Waals surface area contributed by atoms with Gasteiger partial charge in [-0.3, -0.25) is 0 Å². The number of para-hydroxylation sites is 1. The van der Waals surface area contributed by atoms with Gasteiger partial charge in [0.15, 0.2) is 8.32 Å². The molecule has 0 saturated carbocycles. The fourth-order valence-corrected chi connectivity index (χ4v) is 5.11. The SMILES string of the molecule is CCCCc1ccc(N(c2ccccc2)c2ccc(CCOCCCO[Si](C)(C)C(C)(C)C)cc2)cc1. The largest absolute Gasteiger partial charge is 0.417 e. The van der Waals surface area contributed by atoms with Crippen LogP contribution in [-0.2, 0) is 22.0 Å². The third kappa shape index (κ3) is 8.84. The Kier molecular flexibility index (Phi) is 11.0. The highest BCUT2D eigenvalue weighted by atomic mass is 28.4. The number of unbranched alkanes of at least 4 members (excludes halogenated alkanes) is 1. The molecule has 0 aliphatic carbocycles. The Balaban J connectivity index is 1.55. The number of nitrogens with zero attached hydrogens (tertiary/aromatic N) is 1. The summed E-state index contributed by atoms with van der Waals surface area (Å²) in [4.78, 5) is 2.33. The van der Waals surface area contributed by atoms with Crippen LogP contribution in [0, 0.1) is 0 Å². The van der Waals surface area contributed by atoms with Gasteiger partial charge in [0, 0.05) is 30.3 Å². The molecule has 0 heterocycles. The lowest BCUT2D eigenvalue weighted by molar-refractivity contribution is 0.120. The molecule has 3 aromatic carbocycles. The van der Waals surface area contributed by atoms with E-state index < -0.39 is 8.32 Å². The van der Waals surface area contributed by atoms with Crippen molar-refractivity contribution in [2.45, 2.75) is 77.9 Å². The molecule has 0 amide bonds. The molecule has 0 aliphatic heterocycles. The van der Waals surface area contributed by atoms with Gasteiger partial charge >= 0.3 is 0 Å². The van der Waals surface area contributed by atoms with Gasteiger partial charge in [-0.2, -0.15) is 0 Å². The summed E-state index contributed by atoms with van der Waals surface area (Å²) in [5, 5.41) is 0.258. The molecule has 0 radical (unpaired) electrons. The number of benzene rings is 3. The maximum Gasteiger partial charge on any atom is 0.191 e. The molecule has 0 fully saturated rings. The van der Waals surface area contributed by atoms with Gasteiger partial charge in [0.2, 0.25) is 0 Å². The molecule has 0 aliphatic rings. The minimum absolute atomic E-state index is 0.258. The maximum atomic E-state index is 6.25. The van der Waals surface area contributed by atoms with Gasteiger partial charge in [0.05, 0.1) is 6.61 Å². The van der Waals surface area contributed by atoms with E-state index in [2.05, 4.69) is 125 Å². The van der Waals surface area contributed by atoms with Crippen molar-refractivity contribution < 1.29 is 9.16 Å². The minimum atomic E-state index is -1.66. The highest BCUT2D eigenvalue weighted by molar-refractivity contribution is 6.74. The average Bonchev–Trinajstić information content (AvgIpc) is 2.88. The lowest BCUT2D eigenvalue weighted by Crippen LogP contribution is -2.41. The zero-order chi connectivity index (χ0) is 26.7. The van der Waals surface area contributed by atoms with Gasteiger partial charge in [0.25, 0.3) is 0 Å². The monoisotopic (exact) mass is 517 g/mol. The van der Waals surface area contributed by atoms with Crippen LogP contribution >= 0.6 is 0 Å². The summed E-state index contributed by atoms with van der Waals surface area (Å²) in [5.74, 6) is 0. The molecule has 4 heteroatoms. The van der Waals surface area contributed by atoms with Crippen LogP contribution in [0.2, 0.25) is 18.1 Å². The van der Waals surface area contributed by atoms with Crippen molar-refractivity contribution >= 4 is 25.4 Å². The van der Waals surface area contributed by atoms with E-state index in [1.165, 1.54) is 41.0 Å². The quantitative estimate of drug-likeness (QED) is 0.157. The third-order valence-electron chi connectivity index (χ3n) is 7.46. The van der Waals surface area contributed by atoms with E-state index in [4.69, 9.17) is 9.16 Å². The minimum Gasteiger partial charge on any atom is -0.417 e. The molecule has 3 aromatic rings. The molecular formula is C33H47NO2Si. The fourth-order valence-electron chi connectivity index (χ4n) is 4.03. The van der Waals surface area contributed by atoms with Crippen LogP contribution < -0.4 is 4.90 Å². The predicted octanol–water partition coefficient (Wildman–Crippen LogP) is 9.47. The van der Waals surface area contributed by atoms with Gasteiger partial charge in [0.1, 0.15) is 0 Å². The number of ether oxygens (including phenoxy) is 1. The Morgan fingerprint density at radius 1 is 0.649 bits per heavy atom. The number of anilines is 3. The van der Waals surface area contributed by atoms with Crippen LogP contribution in [0.5, 0.6) is 0 Å². The molecule has 0 aromatic heterocycles. The molecule has 3 rings (SSSR count). The van der Waals surface area contributed by atoms with Crippen molar-refractivity contribution in [1.29, 1.82) is 0 Å². The molecule has 0 atom stereocenters. The Labute approximate surface area is 227 Å². The highest BCUT2D eigenvalue weighted by Crippen LogP contribution is 2.37. The first-order valence-corrected chi connectivity index (χ1v) is 16.9. The first-order chi connectivity index (χ1) is 17.7. The average molecular weight is 518 g/mol. The highest BCUT2D eigenvalue weighted by Gasteiger charge is 2.36. The second-order valence-corrected chi connectivity index (χ2v) is 16.2. The topological polar surface area (TPSA) is 21.7 Å². The number of aryl methyl sites for hydroxylation is 1. The molecule has 37 heavy (non-hydrogen) atoms. The van der Waals surface area contributed by atoms with Crippen molar-refractivity contribution in [2.75, 3.05) is 24.7 Å². The van der Waals surface area contributed by atoms with Crippen LogP contribution in [0.15, 0.2) is 78.9 Å². The van der Waals surface area contributed by atoms with Gasteiger partial charge in [-0.25, -0.2) is 0 Å². The molecular weight excluding hydrogens is 470 g/mol. The second-order valence-electron chi connectivity index (χ2n) is 11.4. The zero-order valence-electron chi connectivity index (χ0n) is 23.9. The summed E-state index contributed by atoms with van der Waals surface area (Å²) in [7, 11) is -1.66. The summed E-state index contributed by atoms with van der Waals surface area (Å²) in [5.41, 5.74) is 6.21. The summed E-state index contributed by atoms with van der Waals surface area (Å²) in [6.45, 7) is 16.0. The van der Waals surface area contributed by atoms with Crippen molar-refractivity contribution in [2.24, 2.45) is 0 Å². The maximum absolute atomic E-state index is 6.25. The van der Waals surface area contributed by atoms with Gasteiger partial charge in [-0.05, 0) is 91.3 Å². The van der Waals surface area contributed by atoms with E-state index in [1.54, 1.807) is 0 Å². The first-order valence-electron chi connectivity index (χ1n) is 14.0. The predicted molar refractivity (Wildman–Crippen MR) is 162 cm³/mol. The third-order valence-corrected chi connectivity index (χ3v) is 12.0. The van der Waals surface area contributed by atoms with Crippen LogP contribution in [0.1, 0.15) is 58.1 Å². The van der Waals surface area contributed by atoms with Crippen LogP contribution in [0.25, 0.3) is 0 Å². The standard InChI is InChI=1S/C33H47NO2Si/c1-7-8-13-28-16-20-31(21-17-28)34(30-14-10-9-11-15-30)32-22-18-29(19-23-32)24-27-35-25-12-26-36-37(5,6)33(2,3)4/h9-11,14-23H,7-8,12-13,24-27H2,1-6H3. The number of hydrogen-bond acceptors (Lipinski definition) is 3. The second kappa shape index (κ2) is 13.9. The van der Waals surface area contributed by atoms with Crippen molar-refractivity contribution in [3.05, 3.63) is 90.0 Å². The lowest BCUT2D eigenvalue weighted by Gasteiger charge is -2.36.